The van der Waals surface area contributed by atoms with E-state index in [0.29, 0.717) is 24.5 Å². The number of halogens is 4. The molecule has 180 valence electrons. The highest BCUT2D eigenvalue weighted by molar-refractivity contribution is 6.04. The van der Waals surface area contributed by atoms with Crippen LogP contribution in [-0.4, -0.2) is 52.8 Å². The second-order valence-corrected chi connectivity index (χ2v) is 7.15. The van der Waals surface area contributed by atoms with E-state index in [-0.39, 0.29) is 36.7 Å². The second-order valence-electron chi connectivity index (χ2n) is 7.15. The van der Waals surface area contributed by atoms with E-state index < -0.39 is 29.5 Å². The molecule has 0 aliphatic carbocycles. The quantitative estimate of drug-likeness (QED) is 0.506. The van der Waals surface area contributed by atoms with E-state index >= 15 is 0 Å². The molecular weight excluding hydrogens is 481 g/mol. The minimum atomic E-state index is -4.91. The van der Waals surface area contributed by atoms with Gasteiger partial charge in [-0.3, -0.25) is 4.79 Å². The monoisotopic (exact) mass is 498 g/mol. The Kier molecular flexibility index (Phi) is 7.42. The van der Waals surface area contributed by atoms with Gasteiger partial charge in [-0.05, 0) is 24.3 Å². The molecule has 0 saturated carbocycles. The lowest BCUT2D eigenvalue weighted by atomic mass is 10.1. The molecule has 0 bridgehead atoms. The van der Waals surface area contributed by atoms with Crippen molar-refractivity contribution in [3.05, 3.63) is 60.1 Å². The number of aromatic nitrogens is 2. The average molecular weight is 499 g/mol. The maximum absolute atomic E-state index is 13.4. The van der Waals surface area contributed by atoms with Crippen LogP contribution >= 0.6 is 12.4 Å². The number of rotatable bonds is 7. The van der Waals surface area contributed by atoms with Crippen molar-refractivity contribution >= 4 is 35.8 Å². The van der Waals surface area contributed by atoms with Gasteiger partial charge in [0, 0.05) is 18.7 Å². The third-order valence-corrected chi connectivity index (χ3v) is 4.74. The predicted molar refractivity (Wildman–Crippen MR) is 116 cm³/mol. The highest BCUT2D eigenvalue weighted by Gasteiger charge is 2.42. The molecule has 0 atom stereocenters. The minimum Gasteiger partial charge on any atom is -0.480 e. The van der Waals surface area contributed by atoms with Crippen LogP contribution in [0.2, 0.25) is 0 Å². The number of benzene rings is 1. The second kappa shape index (κ2) is 10.1. The molecule has 13 heteroatoms. The molecule has 2 aromatic heterocycles. The van der Waals surface area contributed by atoms with Crippen LogP contribution in [0.3, 0.4) is 0 Å². The highest BCUT2D eigenvalue weighted by atomic mass is 35.5. The zero-order valence-corrected chi connectivity index (χ0v) is 18.1. The van der Waals surface area contributed by atoms with Crippen molar-refractivity contribution in [1.29, 1.82) is 0 Å². The molecular formula is C21H18ClF3N4O5. The number of anilines is 2. The zero-order chi connectivity index (χ0) is 23.6. The zero-order valence-electron chi connectivity index (χ0n) is 17.3. The third-order valence-electron chi connectivity index (χ3n) is 4.74. The molecule has 3 heterocycles. The van der Waals surface area contributed by atoms with Crippen molar-refractivity contribution in [2.45, 2.75) is 12.3 Å². The minimum absolute atomic E-state index is 0. The van der Waals surface area contributed by atoms with E-state index in [1.165, 1.54) is 24.4 Å². The average Bonchev–Trinajstić information content (AvgIpc) is 3.20. The summed E-state index contributed by atoms with van der Waals surface area (Å²) in [7, 11) is 0. The van der Waals surface area contributed by atoms with Gasteiger partial charge in [0.25, 0.3) is 5.91 Å². The molecule has 3 aromatic rings. The third kappa shape index (κ3) is 5.64. The van der Waals surface area contributed by atoms with Gasteiger partial charge in [0.2, 0.25) is 11.7 Å². The van der Waals surface area contributed by atoms with E-state index in [9.17, 15) is 22.8 Å². The first kappa shape index (κ1) is 25.0. The molecule has 9 nitrogen and oxygen atoms in total. The smallest absolute Gasteiger partial charge is 0.452 e. The van der Waals surface area contributed by atoms with E-state index in [2.05, 4.69) is 15.3 Å². The van der Waals surface area contributed by atoms with Gasteiger partial charge < -0.3 is 24.5 Å². The SMILES string of the molecule is Cl.O=C(O)COC1CN(c2ccc(NC(=O)c3nc(-c4ccccc4)oc3C(F)(F)F)cn2)C1. The number of oxazole rings is 1. The normalized spacial score (nSPS) is 13.7. The summed E-state index contributed by atoms with van der Waals surface area (Å²) in [5.41, 5.74) is -0.416. The molecule has 1 saturated heterocycles. The van der Waals surface area contributed by atoms with Crippen LogP contribution in [0.15, 0.2) is 53.1 Å². The van der Waals surface area contributed by atoms with Gasteiger partial charge >= 0.3 is 12.1 Å². The van der Waals surface area contributed by atoms with Crippen LogP contribution in [0, 0.1) is 0 Å². The Morgan fingerprint density at radius 1 is 1.18 bits per heavy atom. The van der Waals surface area contributed by atoms with Crippen molar-refractivity contribution < 1.29 is 37.0 Å². The molecule has 2 N–H and O–H groups in total. The fraction of sp³-hybridized carbons (Fsp3) is 0.238. The van der Waals surface area contributed by atoms with Gasteiger partial charge in [-0.15, -0.1) is 12.4 Å². The maximum atomic E-state index is 13.4. The van der Waals surface area contributed by atoms with Crippen LogP contribution in [-0.2, 0) is 15.7 Å². The first-order chi connectivity index (χ1) is 15.7. The fourth-order valence-electron chi connectivity index (χ4n) is 3.13. The van der Waals surface area contributed by atoms with Crippen LogP contribution in [0.4, 0.5) is 24.7 Å². The van der Waals surface area contributed by atoms with Crippen LogP contribution in [0.25, 0.3) is 11.5 Å². The lowest BCUT2D eigenvalue weighted by Gasteiger charge is -2.39. The predicted octanol–water partition coefficient (Wildman–Crippen LogP) is 3.72. The Balaban J connectivity index is 0.00000324. The number of nitrogens with one attached hydrogen (secondary N) is 1. The van der Waals surface area contributed by atoms with Crippen LogP contribution in [0.5, 0.6) is 0 Å². The van der Waals surface area contributed by atoms with Crippen molar-refractivity contribution in [3.63, 3.8) is 0 Å². The number of carbonyl (C=O) groups is 2. The van der Waals surface area contributed by atoms with Gasteiger partial charge in [-0.25, -0.2) is 14.8 Å². The number of carboxylic acids is 1. The van der Waals surface area contributed by atoms with Crippen LogP contribution < -0.4 is 10.2 Å². The Morgan fingerprint density at radius 2 is 1.88 bits per heavy atom. The molecule has 4 rings (SSSR count). The lowest BCUT2D eigenvalue weighted by molar-refractivity contribution is -0.153. The van der Waals surface area contributed by atoms with Crippen molar-refractivity contribution in [2.24, 2.45) is 0 Å². The van der Waals surface area contributed by atoms with E-state index in [1.807, 2.05) is 4.90 Å². The summed E-state index contributed by atoms with van der Waals surface area (Å²) in [4.78, 5) is 32.8. The summed E-state index contributed by atoms with van der Waals surface area (Å²) < 4.78 is 50.3. The van der Waals surface area contributed by atoms with E-state index in [4.69, 9.17) is 14.3 Å². The Morgan fingerprint density at radius 3 is 2.47 bits per heavy atom. The number of carboxylic acid groups (broad SMARTS) is 1. The van der Waals surface area contributed by atoms with Crippen molar-refractivity contribution in [2.75, 3.05) is 29.9 Å². The van der Waals surface area contributed by atoms with Gasteiger partial charge in [-0.2, -0.15) is 13.2 Å². The standard InChI is InChI=1S/C21H17F3N4O5.ClH/c22-21(23,24)18-17(27-20(33-18)12-4-2-1-3-5-12)19(31)26-13-6-7-15(25-8-13)28-9-14(10-28)32-11-16(29)30;/h1-8,14H,9-11H2,(H,26,31)(H,29,30);1H. The van der Waals surface area contributed by atoms with Gasteiger partial charge in [0.05, 0.1) is 18.0 Å². The summed E-state index contributed by atoms with van der Waals surface area (Å²) in [6.07, 6.45) is -3.84. The first-order valence-electron chi connectivity index (χ1n) is 9.70. The summed E-state index contributed by atoms with van der Waals surface area (Å²) in [6.45, 7) is 0.509. The molecule has 0 unspecified atom stereocenters. The van der Waals surface area contributed by atoms with Crippen molar-refractivity contribution in [1.82, 2.24) is 9.97 Å². The Bertz CT molecular complexity index is 1150. The summed E-state index contributed by atoms with van der Waals surface area (Å²) >= 11 is 0. The molecule has 34 heavy (non-hydrogen) atoms. The Labute approximate surface area is 197 Å². The first-order valence-corrected chi connectivity index (χ1v) is 9.70. The molecule has 1 aliphatic rings. The van der Waals surface area contributed by atoms with Crippen molar-refractivity contribution in [3.8, 4) is 11.5 Å². The van der Waals surface area contributed by atoms with E-state index in [1.54, 1.807) is 24.3 Å². The number of carbonyl (C=O) groups excluding carboxylic acids is 1. The molecule has 1 aliphatic heterocycles. The number of amides is 1. The largest absolute Gasteiger partial charge is 0.480 e. The van der Waals surface area contributed by atoms with Gasteiger partial charge in [0.15, 0.2) is 5.69 Å². The number of aliphatic carboxylic acids is 1. The molecule has 1 fully saturated rings. The van der Waals surface area contributed by atoms with Crippen LogP contribution in [0.1, 0.15) is 16.2 Å². The number of ether oxygens (including phenoxy) is 1. The molecule has 0 radical (unpaired) electrons. The molecule has 0 spiro atoms. The highest BCUT2D eigenvalue weighted by Crippen LogP contribution is 2.35. The fourth-order valence-corrected chi connectivity index (χ4v) is 3.13. The lowest BCUT2D eigenvalue weighted by Crippen LogP contribution is -2.53. The summed E-state index contributed by atoms with van der Waals surface area (Å²) in [5, 5.41) is 11.0. The summed E-state index contributed by atoms with van der Waals surface area (Å²) in [6, 6.07) is 11.0. The molecule has 1 amide bonds. The van der Waals surface area contributed by atoms with E-state index in [0.717, 1.165) is 0 Å². The summed E-state index contributed by atoms with van der Waals surface area (Å²) in [5.74, 6) is -3.40. The number of hydrogen-bond acceptors (Lipinski definition) is 7. The van der Waals surface area contributed by atoms with Gasteiger partial charge in [0.1, 0.15) is 12.4 Å². The molecule has 1 aromatic carbocycles. The van der Waals surface area contributed by atoms with Gasteiger partial charge in [-0.1, -0.05) is 18.2 Å². The Hall–Kier alpha value is -3.64. The topological polar surface area (TPSA) is 118 Å². The number of hydrogen-bond donors (Lipinski definition) is 2. The number of alkyl halides is 3. The number of pyridine rings is 1. The maximum Gasteiger partial charge on any atom is 0.452 e. The number of nitrogens with zero attached hydrogens (tertiary/aromatic N) is 3.